The zero-order valence-corrected chi connectivity index (χ0v) is 19.0. The number of aromatic amines is 1. The second-order valence-electron chi connectivity index (χ2n) is 6.80. The quantitative estimate of drug-likeness (QED) is 0.131. The molecule has 0 aliphatic rings. The fourth-order valence-electron chi connectivity index (χ4n) is 2.68. The number of nitrogens with one attached hydrogen (secondary N) is 2. The van der Waals surface area contributed by atoms with Gasteiger partial charge in [0.2, 0.25) is 5.91 Å². The SMILES string of the molecule is CC(=O)NC(CSC(=O)CCCO[N+](=O)[O-])C(=O)OCCOCn1cnc2c(=O)[nH]c(N)cc21. The first-order valence-corrected chi connectivity index (χ1v) is 10.9. The van der Waals surface area contributed by atoms with Crippen molar-refractivity contribution in [3.8, 4) is 0 Å². The van der Waals surface area contributed by atoms with Gasteiger partial charge in [0, 0.05) is 25.2 Å². The summed E-state index contributed by atoms with van der Waals surface area (Å²) in [6.45, 7) is 0.921. The molecule has 0 aliphatic heterocycles. The number of esters is 1. The second-order valence-corrected chi connectivity index (χ2v) is 7.88. The topological polar surface area (TPSA) is 211 Å². The normalized spacial score (nSPS) is 11.7. The van der Waals surface area contributed by atoms with Crippen LogP contribution in [0, 0.1) is 10.1 Å². The van der Waals surface area contributed by atoms with Crippen LogP contribution in [-0.4, -0.2) is 68.2 Å². The van der Waals surface area contributed by atoms with Crippen molar-refractivity contribution >= 4 is 45.6 Å². The highest BCUT2D eigenvalue weighted by molar-refractivity contribution is 8.13. The highest BCUT2D eigenvalue weighted by Crippen LogP contribution is 2.12. The van der Waals surface area contributed by atoms with E-state index in [0.29, 0.717) is 5.52 Å². The predicted molar refractivity (Wildman–Crippen MR) is 119 cm³/mol. The maximum atomic E-state index is 12.3. The number of nitrogens with zero attached hydrogens (tertiary/aromatic N) is 3. The second kappa shape index (κ2) is 13.1. The van der Waals surface area contributed by atoms with Crippen LogP contribution < -0.4 is 16.6 Å². The molecule has 16 heteroatoms. The van der Waals surface area contributed by atoms with Crippen LogP contribution >= 0.6 is 11.8 Å². The maximum absolute atomic E-state index is 12.3. The third kappa shape index (κ3) is 8.70. The number of imidazole rings is 1. The lowest BCUT2D eigenvalue weighted by atomic mass is 10.3. The summed E-state index contributed by atoms with van der Waals surface area (Å²) < 4.78 is 12.1. The molecule has 2 heterocycles. The number of hydrogen-bond donors (Lipinski definition) is 3. The van der Waals surface area contributed by atoms with Gasteiger partial charge >= 0.3 is 5.97 Å². The molecule has 2 rings (SSSR count). The van der Waals surface area contributed by atoms with Gasteiger partial charge in [-0.1, -0.05) is 11.8 Å². The Labute approximate surface area is 196 Å². The zero-order valence-electron chi connectivity index (χ0n) is 18.2. The Morgan fingerprint density at radius 2 is 2.12 bits per heavy atom. The van der Waals surface area contributed by atoms with Crippen LogP contribution in [0.4, 0.5) is 5.82 Å². The van der Waals surface area contributed by atoms with E-state index in [4.69, 9.17) is 15.2 Å². The van der Waals surface area contributed by atoms with Gasteiger partial charge in [0.25, 0.3) is 10.6 Å². The molecule has 0 spiro atoms. The van der Waals surface area contributed by atoms with Crippen molar-refractivity contribution in [2.45, 2.75) is 32.5 Å². The number of H-pyrrole nitrogens is 1. The summed E-state index contributed by atoms with van der Waals surface area (Å²) in [7, 11) is 0. The molecule has 2 aromatic heterocycles. The molecule has 1 atom stereocenters. The molecular weight excluding hydrogens is 476 g/mol. The molecule has 2 aromatic rings. The summed E-state index contributed by atoms with van der Waals surface area (Å²) in [5.74, 6) is -1.11. The number of ether oxygens (including phenoxy) is 2. The Balaban J connectivity index is 1.74. The third-order valence-electron chi connectivity index (χ3n) is 4.14. The third-order valence-corrected chi connectivity index (χ3v) is 5.17. The van der Waals surface area contributed by atoms with E-state index >= 15 is 0 Å². The smallest absolute Gasteiger partial charge is 0.329 e. The molecule has 0 saturated carbocycles. The minimum absolute atomic E-state index is 0.00857. The van der Waals surface area contributed by atoms with Gasteiger partial charge in [0.15, 0.2) is 10.6 Å². The van der Waals surface area contributed by atoms with Crippen molar-refractivity contribution in [3.05, 3.63) is 32.9 Å². The highest BCUT2D eigenvalue weighted by Gasteiger charge is 2.22. The highest BCUT2D eigenvalue weighted by atomic mass is 32.2. The van der Waals surface area contributed by atoms with Crippen molar-refractivity contribution < 1.29 is 33.8 Å². The Morgan fingerprint density at radius 3 is 2.82 bits per heavy atom. The van der Waals surface area contributed by atoms with Gasteiger partial charge in [0.1, 0.15) is 25.2 Å². The number of hydrogen-bond acceptors (Lipinski definition) is 12. The van der Waals surface area contributed by atoms with Gasteiger partial charge in [-0.05, 0) is 6.42 Å². The molecule has 186 valence electrons. The van der Waals surface area contributed by atoms with E-state index in [1.54, 1.807) is 10.6 Å². The molecule has 4 N–H and O–H groups in total. The standard InChI is InChI=1S/C18H24N6O9S/c1-11(25)21-12(8-34-15(26)3-2-4-33-24(29)30)18(28)32-6-5-31-10-23-9-20-16-13(23)7-14(19)22-17(16)27/h7,9,12H,2-6,8,10H2,1H3,(H,21,25)(H3,19,22,27). The van der Waals surface area contributed by atoms with Crippen molar-refractivity contribution in [1.29, 1.82) is 0 Å². The number of carbonyl (C=O) groups is 3. The molecule has 1 unspecified atom stereocenters. The minimum Gasteiger partial charge on any atom is -0.462 e. The lowest BCUT2D eigenvalue weighted by molar-refractivity contribution is -0.757. The molecular formula is C18H24N6O9S. The Hall–Kier alpha value is -3.66. The van der Waals surface area contributed by atoms with Crippen LogP contribution in [0.2, 0.25) is 0 Å². The van der Waals surface area contributed by atoms with Crippen LogP contribution in [0.5, 0.6) is 0 Å². The number of thioether (sulfide) groups is 1. The number of anilines is 1. The number of pyridine rings is 1. The predicted octanol–water partition coefficient (Wildman–Crippen LogP) is -0.423. The van der Waals surface area contributed by atoms with E-state index in [-0.39, 0.29) is 61.6 Å². The minimum atomic E-state index is -1.06. The number of fused-ring (bicyclic) bond motifs is 1. The number of carbonyl (C=O) groups excluding carboxylic acids is 3. The summed E-state index contributed by atoms with van der Waals surface area (Å²) in [4.78, 5) is 68.0. The summed E-state index contributed by atoms with van der Waals surface area (Å²) >= 11 is 0.799. The van der Waals surface area contributed by atoms with Crippen LogP contribution in [0.1, 0.15) is 19.8 Å². The van der Waals surface area contributed by atoms with E-state index in [9.17, 15) is 29.3 Å². The number of rotatable bonds is 14. The first kappa shape index (κ1) is 26.6. The van der Waals surface area contributed by atoms with Gasteiger partial charge in [0.05, 0.1) is 25.1 Å². The molecule has 1 amide bonds. The van der Waals surface area contributed by atoms with Crippen LogP contribution in [0.3, 0.4) is 0 Å². The van der Waals surface area contributed by atoms with Crippen molar-refractivity contribution in [1.82, 2.24) is 19.9 Å². The van der Waals surface area contributed by atoms with E-state index in [0.717, 1.165) is 11.8 Å². The average molecular weight is 500 g/mol. The maximum Gasteiger partial charge on any atom is 0.329 e. The number of aromatic nitrogens is 3. The van der Waals surface area contributed by atoms with E-state index in [2.05, 4.69) is 20.1 Å². The first-order chi connectivity index (χ1) is 16.2. The van der Waals surface area contributed by atoms with Crippen molar-refractivity contribution in [2.75, 3.05) is 31.3 Å². The molecule has 34 heavy (non-hydrogen) atoms. The van der Waals surface area contributed by atoms with Crippen LogP contribution in [0.15, 0.2) is 17.2 Å². The largest absolute Gasteiger partial charge is 0.462 e. The molecule has 0 saturated heterocycles. The summed E-state index contributed by atoms with van der Waals surface area (Å²) in [5, 5.41) is 11.2. The number of nitrogens with two attached hydrogens (primary N) is 1. The molecule has 0 fully saturated rings. The van der Waals surface area contributed by atoms with Gasteiger partial charge in [-0.15, -0.1) is 10.1 Å². The van der Waals surface area contributed by atoms with E-state index in [1.165, 1.54) is 13.3 Å². The monoisotopic (exact) mass is 500 g/mol. The fourth-order valence-corrected chi connectivity index (χ4v) is 3.54. The van der Waals surface area contributed by atoms with E-state index in [1.807, 2.05) is 0 Å². The van der Waals surface area contributed by atoms with Crippen LogP contribution in [-0.2, 0) is 35.4 Å². The molecule has 0 aromatic carbocycles. The molecule has 0 aliphatic carbocycles. The van der Waals surface area contributed by atoms with Crippen molar-refractivity contribution in [2.24, 2.45) is 0 Å². The lowest BCUT2D eigenvalue weighted by Crippen LogP contribution is -2.43. The van der Waals surface area contributed by atoms with E-state index < -0.39 is 28.6 Å². The van der Waals surface area contributed by atoms with Gasteiger partial charge in [-0.2, -0.15) is 0 Å². The molecule has 0 bridgehead atoms. The Morgan fingerprint density at radius 1 is 1.35 bits per heavy atom. The van der Waals surface area contributed by atoms with Crippen molar-refractivity contribution in [3.63, 3.8) is 0 Å². The number of nitrogen functional groups attached to an aromatic ring is 1. The fraction of sp³-hybridized carbons (Fsp3) is 0.500. The molecule has 15 nitrogen and oxygen atoms in total. The Kier molecular flexibility index (Phi) is 10.3. The van der Waals surface area contributed by atoms with Gasteiger partial charge < -0.3 is 34.9 Å². The zero-order chi connectivity index (χ0) is 25.1. The van der Waals surface area contributed by atoms with Crippen LogP contribution in [0.25, 0.3) is 11.0 Å². The number of amides is 1. The first-order valence-electron chi connectivity index (χ1n) is 9.95. The van der Waals surface area contributed by atoms with Gasteiger partial charge in [-0.25, -0.2) is 9.78 Å². The molecule has 0 radical (unpaired) electrons. The summed E-state index contributed by atoms with van der Waals surface area (Å²) in [6, 6.07) is 0.480. The average Bonchev–Trinajstić information content (AvgIpc) is 3.16. The summed E-state index contributed by atoms with van der Waals surface area (Å²) in [5.41, 5.74) is 5.90. The Bertz CT molecular complexity index is 1090. The summed E-state index contributed by atoms with van der Waals surface area (Å²) in [6.07, 6.45) is 1.57. The van der Waals surface area contributed by atoms with Gasteiger partial charge in [-0.3, -0.25) is 14.4 Å². The lowest BCUT2D eigenvalue weighted by Gasteiger charge is -2.16.